The predicted molar refractivity (Wildman–Crippen MR) is 80.4 cm³/mol. The monoisotopic (exact) mass is 274 g/mol. The number of methoxy groups -OCH3 is 1. The third-order valence-electron chi connectivity index (χ3n) is 4.56. The molecule has 0 bridgehead atoms. The molecule has 4 heteroatoms. The molecule has 2 heterocycles. The third-order valence-corrected chi connectivity index (χ3v) is 4.56. The van der Waals surface area contributed by atoms with Crippen molar-refractivity contribution in [3.63, 3.8) is 0 Å². The Morgan fingerprint density at radius 2 is 2.10 bits per heavy atom. The molecule has 0 spiro atoms. The highest BCUT2D eigenvalue weighted by molar-refractivity contribution is 5.87. The molecule has 108 valence electrons. The number of rotatable bonds is 3. The van der Waals surface area contributed by atoms with Crippen LogP contribution in [0, 0.1) is 6.92 Å². The number of hydrogen-bond donors (Lipinski definition) is 2. The van der Waals surface area contributed by atoms with Crippen LogP contribution in [0.5, 0.6) is 5.75 Å². The molecule has 1 aliphatic rings. The van der Waals surface area contributed by atoms with Crippen molar-refractivity contribution < 1.29 is 9.47 Å². The Kier molecular flexibility index (Phi) is 3.44. The molecule has 3 rings (SSSR count). The number of ether oxygens (including phenoxy) is 2. The van der Waals surface area contributed by atoms with Crippen molar-refractivity contribution >= 4 is 10.9 Å². The van der Waals surface area contributed by atoms with E-state index < -0.39 is 0 Å². The smallest absolute Gasteiger partial charge is 0.120 e. The Balaban J connectivity index is 2.16. The molecular weight excluding hydrogens is 252 g/mol. The molecular formula is C16H22N2O2. The first kappa shape index (κ1) is 13.5. The van der Waals surface area contributed by atoms with Crippen LogP contribution in [0.4, 0.5) is 0 Å². The van der Waals surface area contributed by atoms with Gasteiger partial charge in [0.05, 0.1) is 7.11 Å². The summed E-state index contributed by atoms with van der Waals surface area (Å²) in [7, 11) is 1.69. The average Bonchev–Trinajstić information content (AvgIpc) is 2.83. The van der Waals surface area contributed by atoms with E-state index in [1.54, 1.807) is 7.11 Å². The Bertz CT molecular complexity index is 612. The van der Waals surface area contributed by atoms with E-state index in [4.69, 9.17) is 15.2 Å². The van der Waals surface area contributed by atoms with Crippen LogP contribution in [0.3, 0.4) is 0 Å². The number of nitrogens with two attached hydrogens (primary N) is 1. The molecule has 1 fully saturated rings. The minimum atomic E-state index is 0.0369. The summed E-state index contributed by atoms with van der Waals surface area (Å²) in [4.78, 5) is 3.48. The zero-order valence-corrected chi connectivity index (χ0v) is 12.2. The molecule has 1 aliphatic heterocycles. The molecule has 0 atom stereocenters. The van der Waals surface area contributed by atoms with Crippen LogP contribution in [0.2, 0.25) is 0 Å². The van der Waals surface area contributed by atoms with Crippen molar-refractivity contribution in [2.24, 2.45) is 5.73 Å². The van der Waals surface area contributed by atoms with Gasteiger partial charge >= 0.3 is 0 Å². The standard InChI is InChI=1S/C16H22N2O2/c1-11-15(16(10-17)5-7-20-8-6-16)13-4-3-12(19-2)9-14(13)18-11/h3-4,9,18H,5-8,10,17H2,1-2H3. The van der Waals surface area contributed by atoms with E-state index >= 15 is 0 Å². The molecule has 3 N–H and O–H groups in total. The van der Waals surface area contributed by atoms with E-state index in [-0.39, 0.29) is 5.41 Å². The van der Waals surface area contributed by atoms with Gasteiger partial charge in [-0.25, -0.2) is 0 Å². The van der Waals surface area contributed by atoms with Crippen LogP contribution in [0.15, 0.2) is 18.2 Å². The number of aryl methyl sites for hydroxylation is 1. The molecule has 1 aromatic carbocycles. The van der Waals surface area contributed by atoms with E-state index in [1.807, 2.05) is 6.07 Å². The quantitative estimate of drug-likeness (QED) is 0.904. The van der Waals surface area contributed by atoms with Crippen LogP contribution in [-0.2, 0) is 10.2 Å². The molecule has 1 aromatic heterocycles. The highest BCUT2D eigenvalue weighted by atomic mass is 16.5. The minimum absolute atomic E-state index is 0.0369. The highest BCUT2D eigenvalue weighted by Gasteiger charge is 2.36. The fraction of sp³-hybridized carbons (Fsp3) is 0.500. The summed E-state index contributed by atoms with van der Waals surface area (Å²) < 4.78 is 10.8. The van der Waals surface area contributed by atoms with Crippen LogP contribution in [-0.4, -0.2) is 31.9 Å². The lowest BCUT2D eigenvalue weighted by Crippen LogP contribution is -2.41. The fourth-order valence-electron chi connectivity index (χ4n) is 3.44. The largest absolute Gasteiger partial charge is 0.497 e. The second kappa shape index (κ2) is 5.11. The summed E-state index contributed by atoms with van der Waals surface area (Å²) in [6, 6.07) is 6.21. The number of hydrogen-bond acceptors (Lipinski definition) is 3. The van der Waals surface area contributed by atoms with E-state index in [0.29, 0.717) is 6.54 Å². The van der Waals surface area contributed by atoms with Gasteiger partial charge in [-0.05, 0) is 37.5 Å². The maximum Gasteiger partial charge on any atom is 0.120 e. The van der Waals surface area contributed by atoms with Gasteiger partial charge in [-0.3, -0.25) is 0 Å². The molecule has 1 saturated heterocycles. The average molecular weight is 274 g/mol. The Morgan fingerprint density at radius 1 is 1.35 bits per heavy atom. The minimum Gasteiger partial charge on any atom is -0.497 e. The number of fused-ring (bicyclic) bond motifs is 1. The van der Waals surface area contributed by atoms with Crippen molar-refractivity contribution in [2.75, 3.05) is 26.9 Å². The second-order valence-electron chi connectivity index (χ2n) is 5.63. The first-order chi connectivity index (χ1) is 9.70. The molecule has 4 nitrogen and oxygen atoms in total. The van der Waals surface area contributed by atoms with E-state index in [0.717, 1.165) is 37.3 Å². The van der Waals surface area contributed by atoms with Crippen molar-refractivity contribution in [2.45, 2.75) is 25.2 Å². The number of aromatic nitrogens is 1. The lowest BCUT2D eigenvalue weighted by molar-refractivity contribution is 0.0532. The van der Waals surface area contributed by atoms with Crippen molar-refractivity contribution in [1.82, 2.24) is 4.98 Å². The topological polar surface area (TPSA) is 60.3 Å². The van der Waals surface area contributed by atoms with E-state index in [1.165, 1.54) is 16.6 Å². The summed E-state index contributed by atoms with van der Waals surface area (Å²) in [6.45, 7) is 4.38. The van der Waals surface area contributed by atoms with E-state index in [9.17, 15) is 0 Å². The van der Waals surface area contributed by atoms with Crippen molar-refractivity contribution in [3.8, 4) is 5.75 Å². The zero-order valence-electron chi connectivity index (χ0n) is 12.2. The summed E-state index contributed by atoms with van der Waals surface area (Å²) in [6.07, 6.45) is 1.98. The number of aromatic amines is 1. The normalized spacial score (nSPS) is 18.4. The number of nitrogens with one attached hydrogen (secondary N) is 1. The van der Waals surface area contributed by atoms with Crippen LogP contribution < -0.4 is 10.5 Å². The maximum absolute atomic E-state index is 6.15. The van der Waals surface area contributed by atoms with Gasteiger partial charge in [0.2, 0.25) is 0 Å². The molecule has 20 heavy (non-hydrogen) atoms. The molecule has 2 aromatic rings. The predicted octanol–water partition coefficient (Wildman–Crippen LogP) is 2.49. The molecule has 0 radical (unpaired) electrons. The van der Waals surface area contributed by atoms with E-state index in [2.05, 4.69) is 24.0 Å². The molecule has 0 unspecified atom stereocenters. The van der Waals surface area contributed by atoms with Gasteiger partial charge in [0.1, 0.15) is 5.75 Å². The number of benzene rings is 1. The summed E-state index contributed by atoms with van der Waals surface area (Å²) in [5.74, 6) is 0.874. The van der Waals surface area contributed by atoms with Crippen molar-refractivity contribution in [1.29, 1.82) is 0 Å². The summed E-state index contributed by atoms with van der Waals surface area (Å²) in [5, 5.41) is 1.26. The van der Waals surface area contributed by atoms with Gasteiger partial charge in [-0.1, -0.05) is 0 Å². The Morgan fingerprint density at radius 3 is 2.75 bits per heavy atom. The van der Waals surface area contributed by atoms with Crippen LogP contribution >= 0.6 is 0 Å². The van der Waals surface area contributed by atoms with Crippen LogP contribution in [0.25, 0.3) is 10.9 Å². The maximum atomic E-state index is 6.15. The van der Waals surface area contributed by atoms with Gasteiger partial charge in [0.15, 0.2) is 0 Å². The molecule has 0 aliphatic carbocycles. The highest BCUT2D eigenvalue weighted by Crippen LogP contribution is 2.40. The third kappa shape index (κ3) is 2.00. The molecule has 0 saturated carbocycles. The summed E-state index contributed by atoms with van der Waals surface area (Å²) in [5.41, 5.74) is 9.88. The Labute approximate surface area is 119 Å². The van der Waals surface area contributed by atoms with Gasteiger partial charge < -0.3 is 20.2 Å². The van der Waals surface area contributed by atoms with Gasteiger partial charge in [-0.15, -0.1) is 0 Å². The number of H-pyrrole nitrogens is 1. The lowest BCUT2D eigenvalue weighted by atomic mass is 9.73. The second-order valence-corrected chi connectivity index (χ2v) is 5.63. The first-order valence-corrected chi connectivity index (χ1v) is 7.15. The summed E-state index contributed by atoms with van der Waals surface area (Å²) >= 11 is 0. The van der Waals surface area contributed by atoms with Gasteiger partial charge in [-0.2, -0.15) is 0 Å². The lowest BCUT2D eigenvalue weighted by Gasteiger charge is -2.37. The molecule has 0 amide bonds. The van der Waals surface area contributed by atoms with Gasteiger partial charge in [0.25, 0.3) is 0 Å². The van der Waals surface area contributed by atoms with Gasteiger partial charge in [0, 0.05) is 47.8 Å². The zero-order chi connectivity index (χ0) is 14.2. The Hall–Kier alpha value is -1.52. The first-order valence-electron chi connectivity index (χ1n) is 7.15. The SMILES string of the molecule is COc1ccc2c(C3(CN)CCOCC3)c(C)[nH]c2c1. The van der Waals surface area contributed by atoms with Crippen molar-refractivity contribution in [3.05, 3.63) is 29.5 Å². The fourth-order valence-corrected chi connectivity index (χ4v) is 3.44. The van der Waals surface area contributed by atoms with Crippen LogP contribution in [0.1, 0.15) is 24.1 Å².